The molecule has 1 aliphatic heterocycles. The molecule has 0 spiro atoms. The van der Waals surface area contributed by atoms with Crippen LogP contribution >= 0.6 is 11.6 Å². The summed E-state index contributed by atoms with van der Waals surface area (Å²) in [4.78, 5) is 13.0. The Labute approximate surface area is 219 Å². The molecule has 4 aromatic rings. The van der Waals surface area contributed by atoms with Gasteiger partial charge in [-0.1, -0.05) is 23.7 Å². The third-order valence-corrected chi connectivity index (χ3v) is 8.04. The fourth-order valence-corrected chi connectivity index (χ4v) is 6.06. The van der Waals surface area contributed by atoms with Gasteiger partial charge in [-0.3, -0.25) is 9.10 Å². The normalized spacial score (nSPS) is 13.7. The summed E-state index contributed by atoms with van der Waals surface area (Å²) in [6, 6.07) is 13.7. The van der Waals surface area contributed by atoms with E-state index < -0.39 is 27.7 Å². The summed E-state index contributed by atoms with van der Waals surface area (Å²) in [5.41, 5.74) is -0.307. The minimum Gasteiger partial charge on any atom is -0.322 e. The molecule has 0 atom stereocenters. The fourth-order valence-electron chi connectivity index (χ4n) is 4.23. The molecule has 0 saturated carbocycles. The van der Waals surface area contributed by atoms with Gasteiger partial charge in [0.2, 0.25) is 0 Å². The van der Waals surface area contributed by atoms with Gasteiger partial charge in [-0.05, 0) is 77.4 Å². The monoisotopic (exact) mass is 562 g/mol. The highest BCUT2D eigenvalue weighted by molar-refractivity contribution is 7.92. The van der Waals surface area contributed by atoms with E-state index in [0.717, 1.165) is 17.7 Å². The predicted octanol–water partition coefficient (Wildman–Crippen LogP) is 4.93. The number of aryl methyl sites for hydroxylation is 1. The Kier molecular flexibility index (Phi) is 6.57. The van der Waals surface area contributed by atoms with Crippen LogP contribution in [0.25, 0.3) is 11.4 Å². The van der Waals surface area contributed by atoms with Crippen LogP contribution in [0.15, 0.2) is 65.6 Å². The van der Waals surface area contributed by atoms with E-state index in [2.05, 4.69) is 25.9 Å². The summed E-state index contributed by atoms with van der Waals surface area (Å²) in [6.45, 7) is 0.194. The molecule has 0 fully saturated rings. The summed E-state index contributed by atoms with van der Waals surface area (Å²) in [6.07, 6.45) is -3.57. The molecule has 196 valence electrons. The average molecular weight is 563 g/mol. The number of hydrogen-bond donors (Lipinski definition) is 2. The second-order valence-corrected chi connectivity index (χ2v) is 10.7. The largest absolute Gasteiger partial charge is 0.417 e. The van der Waals surface area contributed by atoms with Crippen molar-refractivity contribution in [2.45, 2.75) is 23.9 Å². The van der Waals surface area contributed by atoms with E-state index in [4.69, 9.17) is 11.6 Å². The number of amides is 1. The Balaban J connectivity index is 1.46. The number of nitrogens with one attached hydrogen (secondary N) is 2. The van der Waals surface area contributed by atoms with Crippen LogP contribution in [0.1, 0.15) is 27.9 Å². The Hall–Kier alpha value is -3.97. The molecule has 0 bridgehead atoms. The van der Waals surface area contributed by atoms with Gasteiger partial charge in [0, 0.05) is 28.4 Å². The number of aromatic amines is 1. The lowest BCUT2D eigenvalue weighted by atomic mass is 10.0. The molecule has 2 N–H and O–H groups in total. The highest BCUT2D eigenvalue weighted by atomic mass is 35.5. The van der Waals surface area contributed by atoms with Crippen molar-refractivity contribution in [3.63, 3.8) is 0 Å². The standard InChI is InChI=1S/C24H18ClF3N6O3S/c25-16-4-1-5-18(12-16)38(36,37)34-10-2-3-14-6-7-15(11-21(14)34)23(35)29-17-8-9-19(22-30-32-33-31-22)20(13-17)24(26,27)28/h1,4-9,11-13H,2-3,10H2,(H,29,35)(H,30,31,32,33). The molecule has 0 saturated heterocycles. The molecule has 1 aliphatic rings. The quantitative estimate of drug-likeness (QED) is 0.356. The van der Waals surface area contributed by atoms with Crippen LogP contribution in [0, 0.1) is 0 Å². The number of aromatic nitrogens is 4. The van der Waals surface area contributed by atoms with Crippen LogP contribution in [-0.2, 0) is 22.6 Å². The number of anilines is 2. The van der Waals surface area contributed by atoms with E-state index >= 15 is 0 Å². The third kappa shape index (κ3) is 4.94. The molecule has 1 amide bonds. The van der Waals surface area contributed by atoms with Crippen LogP contribution in [-0.4, -0.2) is 41.5 Å². The molecule has 0 radical (unpaired) electrons. The van der Waals surface area contributed by atoms with E-state index in [-0.39, 0.29) is 39.1 Å². The van der Waals surface area contributed by atoms with Gasteiger partial charge in [-0.15, -0.1) is 5.10 Å². The van der Waals surface area contributed by atoms with E-state index in [9.17, 15) is 26.4 Å². The van der Waals surface area contributed by atoms with Crippen LogP contribution < -0.4 is 9.62 Å². The van der Waals surface area contributed by atoms with Crippen LogP contribution in [0.5, 0.6) is 0 Å². The minimum absolute atomic E-state index is 0.00873. The SMILES string of the molecule is O=C(Nc1ccc(-c2nnn[nH]2)c(C(F)(F)F)c1)c1ccc2c(c1)N(S(=O)(=O)c1cccc(Cl)c1)CCC2. The molecule has 2 heterocycles. The summed E-state index contributed by atoms with van der Waals surface area (Å²) >= 11 is 5.99. The summed E-state index contributed by atoms with van der Waals surface area (Å²) in [7, 11) is -3.97. The Morgan fingerprint density at radius 1 is 1.08 bits per heavy atom. The summed E-state index contributed by atoms with van der Waals surface area (Å²) in [5.74, 6) is -0.883. The number of fused-ring (bicyclic) bond motifs is 1. The predicted molar refractivity (Wildman–Crippen MR) is 133 cm³/mol. The van der Waals surface area contributed by atoms with Gasteiger partial charge in [-0.2, -0.15) is 13.2 Å². The number of carbonyl (C=O) groups is 1. The molecule has 14 heteroatoms. The van der Waals surface area contributed by atoms with Crippen molar-refractivity contribution >= 4 is 38.9 Å². The Morgan fingerprint density at radius 3 is 2.61 bits per heavy atom. The van der Waals surface area contributed by atoms with Crippen LogP contribution in [0.4, 0.5) is 24.5 Å². The first kappa shape index (κ1) is 25.7. The van der Waals surface area contributed by atoms with Crippen molar-refractivity contribution < 1.29 is 26.4 Å². The zero-order chi connectivity index (χ0) is 27.1. The number of sulfonamides is 1. The topological polar surface area (TPSA) is 121 Å². The first-order chi connectivity index (χ1) is 18.0. The van der Waals surface area contributed by atoms with E-state index in [1.165, 1.54) is 40.7 Å². The van der Waals surface area contributed by atoms with Crippen molar-refractivity contribution in [1.29, 1.82) is 0 Å². The molecule has 3 aromatic carbocycles. The maximum absolute atomic E-state index is 13.7. The highest BCUT2D eigenvalue weighted by Crippen LogP contribution is 2.38. The molecule has 5 rings (SSSR count). The maximum atomic E-state index is 13.7. The molecule has 38 heavy (non-hydrogen) atoms. The molecular formula is C24H18ClF3N6O3S. The summed E-state index contributed by atoms with van der Waals surface area (Å²) in [5, 5.41) is 15.1. The smallest absolute Gasteiger partial charge is 0.322 e. The highest BCUT2D eigenvalue weighted by Gasteiger charge is 2.35. The van der Waals surface area contributed by atoms with Gasteiger partial charge in [0.1, 0.15) is 0 Å². The van der Waals surface area contributed by atoms with Gasteiger partial charge < -0.3 is 5.32 Å². The second kappa shape index (κ2) is 9.72. The fraction of sp³-hybridized carbons (Fsp3) is 0.167. The minimum atomic E-state index is -4.75. The van der Waals surface area contributed by atoms with Crippen LogP contribution in [0.3, 0.4) is 0 Å². The number of tetrazole rings is 1. The Morgan fingerprint density at radius 2 is 1.89 bits per heavy atom. The number of H-pyrrole nitrogens is 1. The number of hydrogen-bond acceptors (Lipinski definition) is 6. The summed E-state index contributed by atoms with van der Waals surface area (Å²) < 4.78 is 69.1. The Bertz CT molecular complexity index is 1630. The van der Waals surface area contributed by atoms with Gasteiger partial charge in [0.25, 0.3) is 15.9 Å². The molecule has 9 nitrogen and oxygen atoms in total. The second-order valence-electron chi connectivity index (χ2n) is 8.44. The van der Waals surface area contributed by atoms with Crippen molar-refractivity contribution in [3.8, 4) is 11.4 Å². The van der Waals surface area contributed by atoms with Crippen molar-refractivity contribution in [2.75, 3.05) is 16.2 Å². The zero-order valence-corrected chi connectivity index (χ0v) is 20.9. The van der Waals surface area contributed by atoms with Gasteiger partial charge in [0.05, 0.1) is 16.1 Å². The maximum Gasteiger partial charge on any atom is 0.417 e. The van der Waals surface area contributed by atoms with E-state index in [0.29, 0.717) is 18.5 Å². The van der Waals surface area contributed by atoms with E-state index in [1.54, 1.807) is 12.1 Å². The third-order valence-electron chi connectivity index (χ3n) is 5.99. The van der Waals surface area contributed by atoms with Crippen molar-refractivity contribution in [2.24, 2.45) is 0 Å². The number of carbonyl (C=O) groups excluding carboxylic acids is 1. The average Bonchev–Trinajstić information content (AvgIpc) is 3.42. The van der Waals surface area contributed by atoms with Gasteiger partial charge >= 0.3 is 6.18 Å². The molecule has 0 unspecified atom stereocenters. The van der Waals surface area contributed by atoms with Gasteiger partial charge in [-0.25, -0.2) is 13.5 Å². The molecule has 0 aliphatic carbocycles. The van der Waals surface area contributed by atoms with E-state index in [1.807, 2.05) is 0 Å². The van der Waals surface area contributed by atoms with Gasteiger partial charge in [0.15, 0.2) is 5.82 Å². The number of nitrogens with zero attached hydrogens (tertiary/aromatic N) is 4. The zero-order valence-electron chi connectivity index (χ0n) is 19.3. The molecule has 1 aromatic heterocycles. The van der Waals surface area contributed by atoms with Crippen molar-refractivity contribution in [1.82, 2.24) is 20.6 Å². The number of alkyl halides is 3. The molecular weight excluding hydrogens is 545 g/mol. The van der Waals surface area contributed by atoms with Crippen LogP contribution in [0.2, 0.25) is 5.02 Å². The number of halogens is 4. The first-order valence-corrected chi connectivity index (χ1v) is 13.0. The lowest BCUT2D eigenvalue weighted by molar-refractivity contribution is -0.137. The lowest BCUT2D eigenvalue weighted by Crippen LogP contribution is -2.35. The first-order valence-electron chi connectivity index (χ1n) is 11.2. The number of benzene rings is 3. The number of rotatable bonds is 5. The lowest BCUT2D eigenvalue weighted by Gasteiger charge is -2.31. The van der Waals surface area contributed by atoms with Crippen molar-refractivity contribution in [3.05, 3.63) is 82.4 Å².